The third kappa shape index (κ3) is 1.16. The van der Waals surface area contributed by atoms with E-state index in [1.165, 1.54) is 5.69 Å². The molecule has 1 aromatic rings. The lowest BCUT2D eigenvalue weighted by molar-refractivity contribution is -0.117. The molecule has 0 saturated carbocycles. The molecule has 1 aromatic heterocycles. The topological polar surface area (TPSA) is 34.0 Å². The van der Waals surface area contributed by atoms with E-state index in [1.807, 2.05) is 13.8 Å². The average molecular weight is 190 g/mol. The van der Waals surface area contributed by atoms with Gasteiger partial charge in [0, 0.05) is 22.7 Å². The van der Waals surface area contributed by atoms with E-state index in [-0.39, 0.29) is 5.91 Å². The first-order valence-electron chi connectivity index (χ1n) is 4.74. The second-order valence-electron chi connectivity index (χ2n) is 3.69. The van der Waals surface area contributed by atoms with Gasteiger partial charge in [0.2, 0.25) is 5.91 Å². The van der Waals surface area contributed by atoms with Crippen molar-refractivity contribution in [2.75, 3.05) is 0 Å². The number of allylic oxidation sites excluding steroid dienone is 1. The van der Waals surface area contributed by atoms with Crippen LogP contribution in [0.3, 0.4) is 0 Å². The maximum absolute atomic E-state index is 11.5. The molecule has 0 aromatic carbocycles. The van der Waals surface area contributed by atoms with Gasteiger partial charge >= 0.3 is 0 Å². The molecule has 1 amide bonds. The molecule has 1 N–H and O–H groups in total. The smallest absolute Gasteiger partial charge is 0.248 e. The molecule has 0 fully saturated rings. The molecule has 0 atom stereocenters. The van der Waals surface area contributed by atoms with Gasteiger partial charge in [0.15, 0.2) is 0 Å². The summed E-state index contributed by atoms with van der Waals surface area (Å²) in [6.07, 6.45) is 0. The van der Waals surface area contributed by atoms with Gasteiger partial charge in [-0.3, -0.25) is 4.79 Å². The van der Waals surface area contributed by atoms with Gasteiger partial charge in [0.25, 0.3) is 0 Å². The Morgan fingerprint density at radius 2 is 2.00 bits per heavy atom. The standard InChI is InChI=1S/C11H14N2O/c1-7-4-5-10-6-12-11(14)8(2)9(3)13(7)10/h4-5H,6H2,1-3H3,(H,12,14). The third-order valence-corrected chi connectivity index (χ3v) is 2.81. The summed E-state index contributed by atoms with van der Waals surface area (Å²) in [4.78, 5) is 11.5. The van der Waals surface area contributed by atoms with E-state index in [2.05, 4.69) is 28.9 Å². The summed E-state index contributed by atoms with van der Waals surface area (Å²) in [5.41, 5.74) is 4.14. The van der Waals surface area contributed by atoms with E-state index < -0.39 is 0 Å². The fourth-order valence-corrected chi connectivity index (χ4v) is 1.85. The highest BCUT2D eigenvalue weighted by Crippen LogP contribution is 2.20. The molecular formula is C11H14N2O. The van der Waals surface area contributed by atoms with Crippen molar-refractivity contribution in [3.63, 3.8) is 0 Å². The van der Waals surface area contributed by atoms with Crippen LogP contribution < -0.4 is 5.32 Å². The van der Waals surface area contributed by atoms with Crippen molar-refractivity contribution in [3.05, 3.63) is 29.1 Å². The van der Waals surface area contributed by atoms with Crippen LogP contribution in [0.5, 0.6) is 0 Å². The van der Waals surface area contributed by atoms with Crippen LogP contribution in [0.15, 0.2) is 17.7 Å². The van der Waals surface area contributed by atoms with Crippen molar-refractivity contribution in [1.82, 2.24) is 9.88 Å². The molecule has 3 heteroatoms. The first kappa shape index (κ1) is 9.06. The Hall–Kier alpha value is -1.51. The summed E-state index contributed by atoms with van der Waals surface area (Å²) in [5, 5.41) is 2.88. The van der Waals surface area contributed by atoms with Crippen LogP contribution in [0, 0.1) is 6.92 Å². The maximum Gasteiger partial charge on any atom is 0.248 e. The van der Waals surface area contributed by atoms with E-state index in [0.29, 0.717) is 6.54 Å². The zero-order valence-electron chi connectivity index (χ0n) is 8.72. The molecule has 3 nitrogen and oxygen atoms in total. The number of aromatic nitrogens is 1. The Morgan fingerprint density at radius 3 is 2.71 bits per heavy atom. The normalized spacial score (nSPS) is 16.4. The van der Waals surface area contributed by atoms with Crippen molar-refractivity contribution in [2.24, 2.45) is 0 Å². The summed E-state index contributed by atoms with van der Waals surface area (Å²) in [5.74, 6) is 0.0330. The van der Waals surface area contributed by atoms with Crippen molar-refractivity contribution in [1.29, 1.82) is 0 Å². The largest absolute Gasteiger partial charge is 0.347 e. The molecular weight excluding hydrogens is 176 g/mol. The zero-order chi connectivity index (χ0) is 10.3. The van der Waals surface area contributed by atoms with Crippen molar-refractivity contribution in [3.8, 4) is 0 Å². The van der Waals surface area contributed by atoms with E-state index in [4.69, 9.17) is 0 Å². The molecule has 14 heavy (non-hydrogen) atoms. The molecule has 0 spiro atoms. The van der Waals surface area contributed by atoms with Crippen LogP contribution in [0.1, 0.15) is 25.2 Å². The number of nitrogens with zero attached hydrogens (tertiary/aromatic N) is 1. The molecule has 0 aliphatic carbocycles. The van der Waals surface area contributed by atoms with E-state index in [1.54, 1.807) is 0 Å². The molecule has 0 bridgehead atoms. The number of carbonyl (C=O) groups is 1. The number of carbonyl (C=O) groups excluding carboxylic acids is 1. The SMILES string of the molecule is CC1=C(C)n2c(C)ccc2CNC1=O. The van der Waals surface area contributed by atoms with Crippen molar-refractivity contribution >= 4 is 11.6 Å². The van der Waals surface area contributed by atoms with E-state index >= 15 is 0 Å². The first-order valence-corrected chi connectivity index (χ1v) is 4.74. The fourth-order valence-electron chi connectivity index (χ4n) is 1.85. The minimum absolute atomic E-state index is 0.0330. The highest BCUT2D eigenvalue weighted by Gasteiger charge is 2.17. The number of amides is 1. The Bertz CT molecular complexity index is 426. The average Bonchev–Trinajstić information content (AvgIpc) is 2.49. The first-order chi connectivity index (χ1) is 6.61. The van der Waals surface area contributed by atoms with Crippen LogP contribution in [0.2, 0.25) is 0 Å². The number of nitrogens with one attached hydrogen (secondary N) is 1. The zero-order valence-corrected chi connectivity index (χ0v) is 8.72. The summed E-state index contributed by atoms with van der Waals surface area (Å²) < 4.78 is 2.13. The molecule has 74 valence electrons. The van der Waals surface area contributed by atoms with Crippen molar-refractivity contribution in [2.45, 2.75) is 27.3 Å². The van der Waals surface area contributed by atoms with Gasteiger partial charge in [-0.25, -0.2) is 0 Å². The molecule has 2 heterocycles. The van der Waals surface area contributed by atoms with Gasteiger partial charge < -0.3 is 9.88 Å². The number of aryl methyl sites for hydroxylation is 1. The van der Waals surface area contributed by atoms with Gasteiger partial charge in [-0.05, 0) is 32.9 Å². The second-order valence-corrected chi connectivity index (χ2v) is 3.69. The predicted molar refractivity (Wildman–Crippen MR) is 55.6 cm³/mol. The summed E-state index contributed by atoms with van der Waals surface area (Å²) in [7, 11) is 0. The Kier molecular flexibility index (Phi) is 1.95. The molecule has 0 saturated heterocycles. The van der Waals surface area contributed by atoms with E-state index in [9.17, 15) is 4.79 Å². The van der Waals surface area contributed by atoms with Gasteiger partial charge in [-0.15, -0.1) is 0 Å². The van der Waals surface area contributed by atoms with Crippen LogP contribution in [-0.2, 0) is 11.3 Å². The van der Waals surface area contributed by atoms with Crippen LogP contribution in [0.4, 0.5) is 0 Å². The lowest BCUT2D eigenvalue weighted by Crippen LogP contribution is -2.21. The monoisotopic (exact) mass is 190 g/mol. The number of hydrogen-bond acceptors (Lipinski definition) is 1. The summed E-state index contributed by atoms with van der Waals surface area (Å²) in [6.45, 7) is 6.51. The molecule has 2 rings (SSSR count). The summed E-state index contributed by atoms with van der Waals surface area (Å²) in [6, 6.07) is 4.13. The minimum Gasteiger partial charge on any atom is -0.347 e. The lowest BCUT2D eigenvalue weighted by Gasteiger charge is -2.09. The van der Waals surface area contributed by atoms with Crippen LogP contribution >= 0.6 is 0 Å². The highest BCUT2D eigenvalue weighted by atomic mass is 16.1. The van der Waals surface area contributed by atoms with Crippen molar-refractivity contribution < 1.29 is 4.79 Å². The van der Waals surface area contributed by atoms with Crippen LogP contribution in [0.25, 0.3) is 5.70 Å². The fraction of sp³-hybridized carbons (Fsp3) is 0.364. The molecule has 1 aliphatic heterocycles. The Labute approximate surface area is 83.4 Å². The van der Waals surface area contributed by atoms with Gasteiger partial charge in [-0.2, -0.15) is 0 Å². The Morgan fingerprint density at radius 1 is 1.29 bits per heavy atom. The highest BCUT2D eigenvalue weighted by molar-refractivity contribution is 5.98. The van der Waals surface area contributed by atoms with Crippen LogP contribution in [-0.4, -0.2) is 10.5 Å². The molecule has 0 unspecified atom stereocenters. The van der Waals surface area contributed by atoms with E-state index in [0.717, 1.165) is 17.0 Å². The summed E-state index contributed by atoms with van der Waals surface area (Å²) >= 11 is 0. The van der Waals surface area contributed by atoms with Gasteiger partial charge in [-0.1, -0.05) is 0 Å². The number of hydrogen-bond donors (Lipinski definition) is 1. The maximum atomic E-state index is 11.5. The quantitative estimate of drug-likeness (QED) is 0.663. The number of rotatable bonds is 0. The molecule has 0 radical (unpaired) electrons. The van der Waals surface area contributed by atoms with Gasteiger partial charge in [0.05, 0.1) is 6.54 Å². The number of fused-ring (bicyclic) bond motifs is 1. The second kappa shape index (κ2) is 3.01. The third-order valence-electron chi connectivity index (χ3n) is 2.81. The Balaban J connectivity index is 2.65. The lowest BCUT2D eigenvalue weighted by atomic mass is 10.2. The minimum atomic E-state index is 0.0330. The molecule has 1 aliphatic rings. The predicted octanol–water partition coefficient (Wildman–Crippen LogP) is 1.68. The van der Waals surface area contributed by atoms with Gasteiger partial charge in [0.1, 0.15) is 0 Å².